The molecule has 0 unspecified atom stereocenters. The van der Waals surface area contributed by atoms with Crippen LogP contribution in [0.15, 0.2) is 9.31 Å². The highest BCUT2D eigenvalue weighted by molar-refractivity contribution is 7.89. The predicted molar refractivity (Wildman–Crippen MR) is 80.5 cm³/mol. The molecule has 0 amide bonds. The summed E-state index contributed by atoms with van der Waals surface area (Å²) in [6, 6.07) is 0.106. The smallest absolute Gasteiger partial charge is 0.247 e. The summed E-state index contributed by atoms with van der Waals surface area (Å²) in [4.78, 5) is 0.165. The average molecular weight is 315 g/mol. The number of hydrogen-bond acceptors (Lipinski definition) is 4. The molecule has 5 nitrogen and oxygen atoms in total. The number of hydrogen-bond donors (Lipinski definition) is 1. The minimum absolute atomic E-state index is 0.106. The fourth-order valence-electron chi connectivity index (χ4n) is 2.59. The molecule has 0 aromatic carbocycles. The molecule has 21 heavy (non-hydrogen) atoms. The summed E-state index contributed by atoms with van der Waals surface area (Å²) in [6.07, 6.45) is 2.67. The zero-order valence-electron chi connectivity index (χ0n) is 13.2. The van der Waals surface area contributed by atoms with Crippen LogP contribution >= 0.6 is 0 Å². The van der Waals surface area contributed by atoms with Crippen molar-refractivity contribution in [1.29, 1.82) is 0 Å². The van der Waals surface area contributed by atoms with Gasteiger partial charge in [0.1, 0.15) is 16.4 Å². The normalized spacial score (nSPS) is 16.1. The quantitative estimate of drug-likeness (QED) is 0.839. The van der Waals surface area contributed by atoms with Crippen LogP contribution in [0.1, 0.15) is 50.2 Å². The van der Waals surface area contributed by atoms with Gasteiger partial charge in [-0.2, -0.15) is 4.31 Å². The van der Waals surface area contributed by atoms with Crippen molar-refractivity contribution in [3.63, 3.8) is 0 Å². The van der Waals surface area contributed by atoms with Gasteiger partial charge in [0.2, 0.25) is 10.0 Å². The third-order valence-electron chi connectivity index (χ3n) is 3.93. The zero-order chi connectivity index (χ0) is 15.8. The van der Waals surface area contributed by atoms with Gasteiger partial charge >= 0.3 is 0 Å². The fraction of sp³-hybridized carbons (Fsp3) is 0.733. The molecule has 0 radical (unpaired) electrons. The van der Waals surface area contributed by atoms with Crippen molar-refractivity contribution in [2.45, 2.75) is 64.5 Å². The molecule has 1 aliphatic carbocycles. The first-order valence-electron chi connectivity index (χ1n) is 7.50. The maximum Gasteiger partial charge on any atom is 0.247 e. The topological polar surface area (TPSA) is 70.8 Å². The Bertz CT molecular complexity index is 599. The van der Waals surface area contributed by atoms with Gasteiger partial charge in [-0.05, 0) is 39.0 Å². The molecule has 0 atom stereocenters. The second kappa shape index (κ2) is 6.10. The highest BCUT2D eigenvalue weighted by atomic mass is 32.2. The second-order valence-corrected chi connectivity index (χ2v) is 8.04. The van der Waals surface area contributed by atoms with E-state index in [1.165, 1.54) is 0 Å². The summed E-state index contributed by atoms with van der Waals surface area (Å²) < 4.78 is 33.0. The Kier molecular flexibility index (Phi) is 4.80. The van der Waals surface area contributed by atoms with Crippen molar-refractivity contribution in [1.82, 2.24) is 4.31 Å². The molecule has 1 saturated carbocycles. The monoisotopic (exact) mass is 315 g/mol. The Morgan fingerprint density at radius 1 is 1.29 bits per heavy atom. The number of aliphatic hydroxyl groups is 1. The number of furan rings is 1. The minimum atomic E-state index is -3.61. The van der Waals surface area contributed by atoms with Gasteiger partial charge in [0.25, 0.3) is 0 Å². The predicted octanol–water partition coefficient (Wildman–Crippen LogP) is 2.59. The Labute approximate surface area is 127 Å². The molecule has 1 aromatic rings. The molecule has 2 rings (SSSR count). The molecule has 0 bridgehead atoms. The molecular weight excluding hydrogens is 290 g/mol. The molecule has 0 saturated heterocycles. The van der Waals surface area contributed by atoms with E-state index in [0.717, 1.165) is 19.3 Å². The number of aryl methyl sites for hydroxylation is 2. The van der Waals surface area contributed by atoms with Gasteiger partial charge in [0.05, 0.1) is 6.61 Å². The van der Waals surface area contributed by atoms with E-state index in [0.29, 0.717) is 29.5 Å². The Morgan fingerprint density at radius 2 is 1.90 bits per heavy atom. The minimum Gasteiger partial charge on any atom is -0.465 e. The molecule has 1 aromatic heterocycles. The van der Waals surface area contributed by atoms with Crippen LogP contribution in [0, 0.1) is 19.8 Å². The first-order chi connectivity index (χ1) is 9.78. The molecule has 120 valence electrons. The second-order valence-electron chi connectivity index (χ2n) is 6.21. The lowest BCUT2D eigenvalue weighted by molar-refractivity contribution is 0.276. The van der Waals surface area contributed by atoms with Gasteiger partial charge in [0.15, 0.2) is 0 Å². The van der Waals surface area contributed by atoms with Crippen molar-refractivity contribution in [2.24, 2.45) is 5.92 Å². The first kappa shape index (κ1) is 16.5. The molecule has 1 heterocycles. The van der Waals surface area contributed by atoms with Crippen molar-refractivity contribution in [3.05, 3.63) is 17.1 Å². The third kappa shape index (κ3) is 3.33. The van der Waals surface area contributed by atoms with Gasteiger partial charge < -0.3 is 9.52 Å². The number of aliphatic hydroxyl groups excluding tert-OH is 1. The largest absolute Gasteiger partial charge is 0.465 e. The van der Waals surface area contributed by atoms with Crippen LogP contribution in [0.3, 0.4) is 0 Å². The van der Waals surface area contributed by atoms with Crippen LogP contribution < -0.4 is 0 Å². The summed E-state index contributed by atoms with van der Waals surface area (Å²) in [5.74, 6) is 1.30. The average Bonchev–Trinajstić information content (AvgIpc) is 3.14. The van der Waals surface area contributed by atoms with Gasteiger partial charge in [-0.15, -0.1) is 0 Å². The molecule has 1 aliphatic rings. The number of nitrogens with zero attached hydrogens (tertiary/aromatic N) is 1. The summed E-state index contributed by atoms with van der Waals surface area (Å²) in [5, 5.41) is 9.49. The van der Waals surface area contributed by atoms with Crippen molar-refractivity contribution >= 4 is 10.0 Å². The molecule has 0 spiro atoms. The zero-order valence-corrected chi connectivity index (χ0v) is 14.0. The van der Waals surface area contributed by atoms with Crippen molar-refractivity contribution < 1.29 is 17.9 Å². The Hall–Kier alpha value is -0.850. The van der Waals surface area contributed by atoms with Crippen LogP contribution in [0.5, 0.6) is 0 Å². The number of sulfonamides is 1. The Morgan fingerprint density at radius 3 is 2.38 bits per heavy atom. The van der Waals surface area contributed by atoms with Gasteiger partial charge in [-0.1, -0.05) is 13.8 Å². The van der Waals surface area contributed by atoms with Gasteiger partial charge in [-0.3, -0.25) is 0 Å². The van der Waals surface area contributed by atoms with E-state index in [1.54, 1.807) is 18.2 Å². The molecule has 1 N–H and O–H groups in total. The molecule has 0 aliphatic heterocycles. The lowest BCUT2D eigenvalue weighted by Crippen LogP contribution is -2.35. The highest BCUT2D eigenvalue weighted by Gasteiger charge is 2.40. The standard InChI is InChI=1S/C15H25NO4S/c1-10(2)7-8-16(13-5-6-13)21(18,19)15-12(4)20-11(3)14(15)9-17/h10,13,17H,5-9H2,1-4H3. The maximum absolute atomic E-state index is 13.0. The molecule has 1 fully saturated rings. The third-order valence-corrected chi connectivity index (χ3v) is 6.08. The van der Waals surface area contributed by atoms with E-state index in [4.69, 9.17) is 4.42 Å². The Balaban J connectivity index is 2.39. The maximum atomic E-state index is 13.0. The fourth-order valence-corrected chi connectivity index (χ4v) is 4.70. The SMILES string of the molecule is Cc1oc(C)c(S(=O)(=O)N(CCC(C)C)C2CC2)c1CO. The summed E-state index contributed by atoms with van der Waals surface area (Å²) in [5.41, 5.74) is 0.391. The van der Waals surface area contributed by atoms with Gasteiger partial charge in [0, 0.05) is 18.2 Å². The highest BCUT2D eigenvalue weighted by Crippen LogP contribution is 2.36. The van der Waals surface area contributed by atoms with Crippen molar-refractivity contribution in [2.75, 3.05) is 6.54 Å². The summed E-state index contributed by atoms with van der Waals surface area (Å²) >= 11 is 0. The van der Waals surface area contributed by atoms with E-state index in [9.17, 15) is 13.5 Å². The van der Waals surface area contributed by atoms with E-state index < -0.39 is 10.0 Å². The van der Waals surface area contributed by atoms with Crippen LogP contribution in [-0.2, 0) is 16.6 Å². The molecular formula is C15H25NO4S. The summed E-state index contributed by atoms with van der Waals surface area (Å²) in [7, 11) is -3.61. The van der Waals surface area contributed by atoms with Gasteiger partial charge in [-0.25, -0.2) is 8.42 Å². The van der Waals surface area contributed by atoms with Crippen LogP contribution in [0.25, 0.3) is 0 Å². The number of rotatable bonds is 7. The van der Waals surface area contributed by atoms with E-state index in [2.05, 4.69) is 13.8 Å². The van der Waals surface area contributed by atoms with E-state index in [1.807, 2.05) is 0 Å². The lowest BCUT2D eigenvalue weighted by atomic mass is 10.1. The van der Waals surface area contributed by atoms with Crippen LogP contribution in [-0.4, -0.2) is 30.4 Å². The van der Waals surface area contributed by atoms with E-state index in [-0.39, 0.29) is 17.5 Å². The van der Waals surface area contributed by atoms with Crippen LogP contribution in [0.2, 0.25) is 0 Å². The van der Waals surface area contributed by atoms with Crippen LogP contribution in [0.4, 0.5) is 0 Å². The summed E-state index contributed by atoms with van der Waals surface area (Å²) in [6.45, 7) is 7.72. The first-order valence-corrected chi connectivity index (χ1v) is 8.94. The molecule has 6 heteroatoms. The van der Waals surface area contributed by atoms with Crippen molar-refractivity contribution in [3.8, 4) is 0 Å². The van der Waals surface area contributed by atoms with E-state index >= 15 is 0 Å². The lowest BCUT2D eigenvalue weighted by Gasteiger charge is -2.23.